The number of benzene rings is 1. The maximum Gasteiger partial charge on any atom is 0.387 e. The number of amides is 1. The molecule has 180 valence electrons. The molecule has 0 unspecified atom stereocenters. The summed E-state index contributed by atoms with van der Waals surface area (Å²) in [4.78, 5) is 22.1. The number of carbonyl (C=O) groups excluding carboxylic acids is 1. The average Bonchev–Trinajstić information content (AvgIpc) is 3.26. The lowest BCUT2D eigenvalue weighted by molar-refractivity contribution is -0.136. The number of anilines is 3. The van der Waals surface area contributed by atoms with Gasteiger partial charge in [-0.2, -0.15) is 18.9 Å². The molecule has 0 radical (unpaired) electrons. The summed E-state index contributed by atoms with van der Waals surface area (Å²) in [5.41, 5.74) is 1.11. The van der Waals surface area contributed by atoms with Gasteiger partial charge in [0.15, 0.2) is 11.6 Å². The largest absolute Gasteiger partial charge is 0.435 e. The Labute approximate surface area is 192 Å². The number of hydrogen-bond donors (Lipinski definition) is 2. The highest BCUT2D eigenvalue weighted by Crippen LogP contribution is 2.19. The Morgan fingerprint density at radius 3 is 2.85 bits per heavy atom. The van der Waals surface area contributed by atoms with Gasteiger partial charge in [-0.05, 0) is 17.7 Å². The molecule has 0 atom stereocenters. The minimum atomic E-state index is -2.93. The summed E-state index contributed by atoms with van der Waals surface area (Å²) in [7, 11) is 0. The zero-order valence-electron chi connectivity index (χ0n) is 18.0. The van der Waals surface area contributed by atoms with Crippen LogP contribution in [0, 0.1) is 5.82 Å². The quantitative estimate of drug-likeness (QED) is 0.485. The number of hydrogen-bond acceptors (Lipinski definition) is 8. The Bertz CT molecular complexity index is 1120. The second-order valence-corrected chi connectivity index (χ2v) is 7.31. The molecule has 0 spiro atoms. The number of rotatable bonds is 9. The van der Waals surface area contributed by atoms with Gasteiger partial charge in [0.1, 0.15) is 12.3 Å². The van der Waals surface area contributed by atoms with Crippen molar-refractivity contribution in [3.05, 3.63) is 54.2 Å². The van der Waals surface area contributed by atoms with Gasteiger partial charge < -0.3 is 25.0 Å². The highest BCUT2D eigenvalue weighted by molar-refractivity contribution is 5.76. The second kappa shape index (κ2) is 10.8. The highest BCUT2D eigenvalue weighted by Gasteiger charge is 2.17. The van der Waals surface area contributed by atoms with Crippen molar-refractivity contribution in [3.8, 4) is 5.75 Å². The van der Waals surface area contributed by atoms with Crippen molar-refractivity contribution in [2.45, 2.75) is 19.7 Å². The first-order valence-electron chi connectivity index (χ1n) is 10.4. The van der Waals surface area contributed by atoms with Gasteiger partial charge in [0.25, 0.3) is 0 Å². The summed E-state index contributed by atoms with van der Waals surface area (Å²) in [6, 6.07) is 6.05. The van der Waals surface area contributed by atoms with Crippen LogP contribution in [0.25, 0.3) is 0 Å². The zero-order valence-corrected chi connectivity index (χ0v) is 18.0. The first-order valence-corrected chi connectivity index (χ1v) is 10.4. The minimum Gasteiger partial charge on any atom is -0.435 e. The van der Waals surface area contributed by atoms with Crippen molar-refractivity contribution in [3.63, 3.8) is 0 Å². The second-order valence-electron chi connectivity index (χ2n) is 7.31. The molecule has 1 aliphatic heterocycles. The van der Waals surface area contributed by atoms with Gasteiger partial charge in [-0.15, -0.1) is 0 Å². The molecule has 3 heterocycles. The molecule has 1 aliphatic rings. The molecule has 2 aromatic heterocycles. The SMILES string of the molecule is O=C(Cn1cc(Nc2ncc(F)c(NCc3cccc(OC(F)F)c3)n2)cn1)N1CCOCC1. The summed E-state index contributed by atoms with van der Waals surface area (Å²) < 4.78 is 50.1. The summed E-state index contributed by atoms with van der Waals surface area (Å²) in [6.07, 6.45) is 4.12. The van der Waals surface area contributed by atoms with E-state index in [-0.39, 0.29) is 36.5 Å². The van der Waals surface area contributed by atoms with E-state index in [2.05, 4.69) is 30.4 Å². The van der Waals surface area contributed by atoms with Crippen LogP contribution in [-0.2, 0) is 22.6 Å². The Balaban J connectivity index is 1.35. The highest BCUT2D eigenvalue weighted by atomic mass is 19.3. The van der Waals surface area contributed by atoms with Crippen LogP contribution in [0.3, 0.4) is 0 Å². The first-order chi connectivity index (χ1) is 16.5. The van der Waals surface area contributed by atoms with Crippen molar-refractivity contribution >= 4 is 23.4 Å². The van der Waals surface area contributed by atoms with E-state index in [4.69, 9.17) is 4.74 Å². The van der Waals surface area contributed by atoms with Crippen LogP contribution in [0.1, 0.15) is 5.56 Å². The topological polar surface area (TPSA) is 106 Å². The zero-order chi connectivity index (χ0) is 23.9. The van der Waals surface area contributed by atoms with Gasteiger partial charge in [0.05, 0.1) is 31.3 Å². The molecule has 1 aromatic carbocycles. The molecule has 1 amide bonds. The Morgan fingerprint density at radius 2 is 2.06 bits per heavy atom. The third kappa shape index (κ3) is 6.34. The third-order valence-corrected chi connectivity index (χ3v) is 4.88. The van der Waals surface area contributed by atoms with E-state index >= 15 is 0 Å². The van der Waals surface area contributed by atoms with Crippen LogP contribution >= 0.6 is 0 Å². The normalized spacial score (nSPS) is 13.7. The van der Waals surface area contributed by atoms with E-state index in [9.17, 15) is 18.0 Å². The number of aromatic nitrogens is 4. The van der Waals surface area contributed by atoms with E-state index < -0.39 is 12.4 Å². The molecule has 3 aromatic rings. The molecule has 0 saturated carbocycles. The van der Waals surface area contributed by atoms with Crippen molar-refractivity contribution in [2.75, 3.05) is 36.9 Å². The summed E-state index contributed by atoms with van der Waals surface area (Å²) >= 11 is 0. The lowest BCUT2D eigenvalue weighted by Gasteiger charge is -2.26. The summed E-state index contributed by atoms with van der Waals surface area (Å²) in [5.74, 6) is -0.711. The van der Waals surface area contributed by atoms with Crippen molar-refractivity contribution in [1.29, 1.82) is 0 Å². The summed E-state index contributed by atoms with van der Waals surface area (Å²) in [5, 5.41) is 9.88. The lowest BCUT2D eigenvalue weighted by Crippen LogP contribution is -2.42. The standard InChI is InChI=1S/C21H22F3N7O3/c22-17-11-26-21(29-19(17)25-9-14-2-1-3-16(8-14)34-20(23)24)28-15-10-27-31(12-15)13-18(32)30-4-6-33-7-5-30/h1-3,8,10-12,20H,4-7,9,13H2,(H2,25,26,28,29). The number of halogens is 3. The van der Waals surface area contributed by atoms with Gasteiger partial charge >= 0.3 is 6.61 Å². The van der Waals surface area contributed by atoms with E-state index in [0.29, 0.717) is 37.6 Å². The van der Waals surface area contributed by atoms with Crippen molar-refractivity contribution in [1.82, 2.24) is 24.6 Å². The van der Waals surface area contributed by atoms with Crippen LogP contribution in [0.4, 0.5) is 30.6 Å². The number of carbonyl (C=O) groups is 1. The molecule has 1 fully saturated rings. The molecule has 0 bridgehead atoms. The van der Waals surface area contributed by atoms with Crippen LogP contribution in [0.2, 0.25) is 0 Å². The molecule has 2 N–H and O–H groups in total. The monoisotopic (exact) mass is 477 g/mol. The van der Waals surface area contributed by atoms with E-state index in [1.54, 1.807) is 23.2 Å². The molecular weight excluding hydrogens is 455 g/mol. The predicted molar refractivity (Wildman–Crippen MR) is 115 cm³/mol. The fourth-order valence-corrected chi connectivity index (χ4v) is 3.26. The number of nitrogens with one attached hydrogen (secondary N) is 2. The number of alkyl halides is 2. The lowest BCUT2D eigenvalue weighted by atomic mass is 10.2. The Morgan fingerprint density at radius 1 is 1.24 bits per heavy atom. The van der Waals surface area contributed by atoms with E-state index in [0.717, 1.165) is 6.20 Å². The van der Waals surface area contributed by atoms with Gasteiger partial charge in [-0.25, -0.2) is 9.37 Å². The molecular formula is C21H22F3N7O3. The Hall–Kier alpha value is -3.87. The number of nitrogens with zero attached hydrogens (tertiary/aromatic N) is 5. The molecule has 1 saturated heterocycles. The van der Waals surface area contributed by atoms with Crippen LogP contribution in [-0.4, -0.2) is 63.5 Å². The average molecular weight is 477 g/mol. The van der Waals surface area contributed by atoms with Gasteiger partial charge in [0.2, 0.25) is 11.9 Å². The van der Waals surface area contributed by atoms with Gasteiger partial charge in [0, 0.05) is 25.8 Å². The third-order valence-electron chi connectivity index (χ3n) is 4.88. The molecule has 10 nitrogen and oxygen atoms in total. The van der Waals surface area contributed by atoms with Crippen molar-refractivity contribution < 1.29 is 27.4 Å². The van der Waals surface area contributed by atoms with Gasteiger partial charge in [-0.1, -0.05) is 12.1 Å². The molecule has 0 aliphatic carbocycles. The van der Waals surface area contributed by atoms with Crippen LogP contribution in [0.15, 0.2) is 42.9 Å². The number of morpholine rings is 1. The summed E-state index contributed by atoms with van der Waals surface area (Å²) in [6.45, 7) is -0.599. The molecule has 13 heteroatoms. The number of ether oxygens (including phenoxy) is 2. The first kappa shape index (κ1) is 23.3. The molecule has 34 heavy (non-hydrogen) atoms. The van der Waals surface area contributed by atoms with Crippen molar-refractivity contribution in [2.24, 2.45) is 0 Å². The van der Waals surface area contributed by atoms with Crippen LogP contribution in [0.5, 0.6) is 5.75 Å². The Kier molecular flexibility index (Phi) is 7.42. The smallest absolute Gasteiger partial charge is 0.387 e. The van der Waals surface area contributed by atoms with E-state index in [1.165, 1.54) is 23.0 Å². The minimum absolute atomic E-state index is 0.00364. The fraction of sp³-hybridized carbons (Fsp3) is 0.333. The van der Waals surface area contributed by atoms with Gasteiger partial charge in [-0.3, -0.25) is 9.48 Å². The van der Waals surface area contributed by atoms with Crippen LogP contribution < -0.4 is 15.4 Å². The maximum absolute atomic E-state index is 14.2. The fourth-order valence-electron chi connectivity index (χ4n) is 3.26. The maximum atomic E-state index is 14.2. The van der Waals surface area contributed by atoms with E-state index in [1.807, 2.05) is 0 Å². The molecule has 4 rings (SSSR count). The predicted octanol–water partition coefficient (Wildman–Crippen LogP) is 2.63.